The van der Waals surface area contributed by atoms with E-state index in [9.17, 15) is 9.59 Å². The van der Waals surface area contributed by atoms with Gasteiger partial charge >= 0.3 is 0 Å². The molecular formula is C11H18N2O2. The molecular weight excluding hydrogens is 192 g/mol. The Morgan fingerprint density at radius 3 is 2.87 bits per heavy atom. The number of rotatable bonds is 1. The van der Waals surface area contributed by atoms with Crippen LogP contribution in [0.15, 0.2) is 0 Å². The molecule has 2 aliphatic heterocycles. The molecule has 15 heavy (non-hydrogen) atoms. The average Bonchev–Trinajstić information content (AvgIpc) is 2.65. The van der Waals surface area contributed by atoms with E-state index in [0.717, 1.165) is 19.4 Å². The first kappa shape index (κ1) is 10.5. The predicted octanol–water partition coefficient (Wildman–Crippen LogP) is 0.524. The van der Waals surface area contributed by atoms with E-state index in [4.69, 9.17) is 0 Å². The van der Waals surface area contributed by atoms with Gasteiger partial charge in [0.15, 0.2) is 0 Å². The molecule has 4 heteroatoms. The van der Waals surface area contributed by atoms with Crippen molar-refractivity contribution in [2.75, 3.05) is 13.1 Å². The highest BCUT2D eigenvalue weighted by atomic mass is 16.2. The van der Waals surface area contributed by atoms with Gasteiger partial charge in [-0.05, 0) is 26.2 Å². The standard InChI is InChI=1S/C11H18N2O2/c1-8-4-2-3-5-13(8)11(15)9-6-10(14)12-7-9/h8-9H,2-7H2,1H3,(H,12,14). The summed E-state index contributed by atoms with van der Waals surface area (Å²) in [4.78, 5) is 25.1. The molecule has 0 bridgehead atoms. The van der Waals surface area contributed by atoms with Crippen LogP contribution in [-0.4, -0.2) is 35.8 Å². The SMILES string of the molecule is CC1CCCCN1C(=O)C1CNC(=O)C1. The van der Waals surface area contributed by atoms with E-state index in [1.165, 1.54) is 6.42 Å². The van der Waals surface area contributed by atoms with Crippen LogP contribution in [-0.2, 0) is 9.59 Å². The van der Waals surface area contributed by atoms with Crippen LogP contribution < -0.4 is 5.32 Å². The van der Waals surface area contributed by atoms with Gasteiger partial charge in [-0.2, -0.15) is 0 Å². The van der Waals surface area contributed by atoms with Gasteiger partial charge < -0.3 is 10.2 Å². The van der Waals surface area contributed by atoms with E-state index in [1.54, 1.807) is 0 Å². The van der Waals surface area contributed by atoms with Gasteiger partial charge in [0.2, 0.25) is 11.8 Å². The second-order valence-electron chi connectivity index (χ2n) is 4.58. The molecule has 84 valence electrons. The topological polar surface area (TPSA) is 49.4 Å². The smallest absolute Gasteiger partial charge is 0.228 e. The van der Waals surface area contributed by atoms with Gasteiger partial charge in [0.25, 0.3) is 0 Å². The molecule has 0 radical (unpaired) electrons. The Balaban J connectivity index is 1.97. The molecule has 2 saturated heterocycles. The zero-order valence-electron chi connectivity index (χ0n) is 9.16. The number of amides is 2. The van der Waals surface area contributed by atoms with Gasteiger partial charge in [0, 0.05) is 25.6 Å². The van der Waals surface area contributed by atoms with Gasteiger partial charge in [-0.1, -0.05) is 0 Å². The van der Waals surface area contributed by atoms with Crippen molar-refractivity contribution in [3.05, 3.63) is 0 Å². The first-order valence-electron chi connectivity index (χ1n) is 5.75. The molecule has 0 aromatic heterocycles. The zero-order valence-corrected chi connectivity index (χ0v) is 9.16. The number of hydrogen-bond donors (Lipinski definition) is 1. The van der Waals surface area contributed by atoms with E-state index < -0.39 is 0 Å². The molecule has 0 spiro atoms. The van der Waals surface area contributed by atoms with Crippen molar-refractivity contribution in [1.82, 2.24) is 10.2 Å². The predicted molar refractivity (Wildman–Crippen MR) is 56.1 cm³/mol. The number of carbonyl (C=O) groups is 2. The molecule has 4 nitrogen and oxygen atoms in total. The van der Waals surface area contributed by atoms with Crippen LogP contribution >= 0.6 is 0 Å². The van der Waals surface area contributed by atoms with Crippen molar-refractivity contribution >= 4 is 11.8 Å². The third-order valence-electron chi connectivity index (χ3n) is 3.41. The first-order chi connectivity index (χ1) is 7.18. The molecule has 0 aliphatic carbocycles. The van der Waals surface area contributed by atoms with Gasteiger partial charge in [-0.25, -0.2) is 0 Å². The lowest BCUT2D eigenvalue weighted by Crippen LogP contribution is -2.45. The molecule has 2 amide bonds. The molecule has 2 heterocycles. The summed E-state index contributed by atoms with van der Waals surface area (Å²) in [7, 11) is 0. The number of nitrogens with zero attached hydrogens (tertiary/aromatic N) is 1. The Hall–Kier alpha value is -1.06. The highest BCUT2D eigenvalue weighted by Gasteiger charge is 2.33. The van der Waals surface area contributed by atoms with Crippen LogP contribution in [0, 0.1) is 5.92 Å². The van der Waals surface area contributed by atoms with E-state index in [-0.39, 0.29) is 17.7 Å². The molecule has 0 aromatic carbocycles. The van der Waals surface area contributed by atoms with E-state index in [1.807, 2.05) is 4.90 Å². The molecule has 1 N–H and O–H groups in total. The minimum Gasteiger partial charge on any atom is -0.355 e. The van der Waals surface area contributed by atoms with E-state index in [0.29, 0.717) is 19.0 Å². The third kappa shape index (κ3) is 2.13. The lowest BCUT2D eigenvalue weighted by molar-refractivity contribution is -0.139. The molecule has 2 atom stereocenters. The van der Waals surface area contributed by atoms with E-state index >= 15 is 0 Å². The maximum Gasteiger partial charge on any atom is 0.228 e. The molecule has 2 fully saturated rings. The number of nitrogens with one attached hydrogen (secondary N) is 1. The summed E-state index contributed by atoms with van der Waals surface area (Å²) in [6.45, 7) is 3.49. The Morgan fingerprint density at radius 1 is 1.47 bits per heavy atom. The lowest BCUT2D eigenvalue weighted by atomic mass is 10.00. The van der Waals surface area contributed by atoms with Gasteiger partial charge in [0.1, 0.15) is 0 Å². The second-order valence-corrected chi connectivity index (χ2v) is 4.58. The highest BCUT2D eigenvalue weighted by Crippen LogP contribution is 2.21. The van der Waals surface area contributed by atoms with Crippen LogP contribution in [0.25, 0.3) is 0 Å². The first-order valence-corrected chi connectivity index (χ1v) is 5.75. The van der Waals surface area contributed by atoms with Crippen molar-refractivity contribution in [2.24, 2.45) is 5.92 Å². The highest BCUT2D eigenvalue weighted by molar-refractivity contribution is 5.89. The Labute approximate surface area is 90.0 Å². The van der Waals surface area contributed by atoms with Crippen LogP contribution in [0.1, 0.15) is 32.6 Å². The molecule has 2 rings (SSSR count). The minimum atomic E-state index is -0.113. The van der Waals surface area contributed by atoms with Crippen molar-refractivity contribution < 1.29 is 9.59 Å². The van der Waals surface area contributed by atoms with Crippen LogP contribution in [0.2, 0.25) is 0 Å². The normalized spacial score (nSPS) is 31.5. The third-order valence-corrected chi connectivity index (χ3v) is 3.41. The molecule has 0 aromatic rings. The summed E-state index contributed by atoms with van der Waals surface area (Å²) in [6.07, 6.45) is 3.79. The molecule has 2 unspecified atom stereocenters. The summed E-state index contributed by atoms with van der Waals surface area (Å²) in [5.74, 6) is 0.0663. The van der Waals surface area contributed by atoms with Crippen LogP contribution in [0.3, 0.4) is 0 Å². The van der Waals surface area contributed by atoms with Gasteiger partial charge in [-0.3, -0.25) is 9.59 Å². The fraction of sp³-hybridized carbons (Fsp3) is 0.818. The Bertz CT molecular complexity index is 278. The minimum absolute atomic E-state index is 0.0120. The average molecular weight is 210 g/mol. The quantitative estimate of drug-likeness (QED) is 0.686. The second kappa shape index (κ2) is 4.21. The molecule has 2 aliphatic rings. The summed E-state index contributed by atoms with van der Waals surface area (Å²) in [5, 5.41) is 2.72. The number of carbonyl (C=O) groups excluding carboxylic acids is 2. The fourth-order valence-electron chi connectivity index (χ4n) is 2.44. The van der Waals surface area contributed by atoms with Crippen molar-refractivity contribution in [1.29, 1.82) is 0 Å². The summed E-state index contributed by atoms with van der Waals surface area (Å²) >= 11 is 0. The maximum absolute atomic E-state index is 12.1. The zero-order chi connectivity index (χ0) is 10.8. The van der Waals surface area contributed by atoms with Gasteiger partial charge in [0.05, 0.1) is 5.92 Å². The number of likely N-dealkylation sites (tertiary alicyclic amines) is 1. The van der Waals surface area contributed by atoms with Crippen molar-refractivity contribution in [3.63, 3.8) is 0 Å². The Kier molecular flexibility index (Phi) is 2.93. The van der Waals surface area contributed by atoms with Crippen LogP contribution in [0.4, 0.5) is 0 Å². The lowest BCUT2D eigenvalue weighted by Gasteiger charge is -2.34. The summed E-state index contributed by atoms with van der Waals surface area (Å²) < 4.78 is 0. The van der Waals surface area contributed by atoms with Crippen molar-refractivity contribution in [2.45, 2.75) is 38.6 Å². The van der Waals surface area contributed by atoms with Crippen LogP contribution in [0.5, 0.6) is 0 Å². The largest absolute Gasteiger partial charge is 0.355 e. The Morgan fingerprint density at radius 2 is 2.27 bits per heavy atom. The number of piperidine rings is 1. The molecule has 0 saturated carbocycles. The maximum atomic E-state index is 12.1. The number of hydrogen-bond acceptors (Lipinski definition) is 2. The summed E-state index contributed by atoms with van der Waals surface area (Å²) in [6, 6.07) is 0.349. The van der Waals surface area contributed by atoms with Crippen molar-refractivity contribution in [3.8, 4) is 0 Å². The van der Waals surface area contributed by atoms with E-state index in [2.05, 4.69) is 12.2 Å². The summed E-state index contributed by atoms with van der Waals surface area (Å²) in [5.41, 5.74) is 0. The fourth-order valence-corrected chi connectivity index (χ4v) is 2.44. The van der Waals surface area contributed by atoms with Gasteiger partial charge in [-0.15, -0.1) is 0 Å². The monoisotopic (exact) mass is 210 g/mol.